The van der Waals surface area contributed by atoms with Gasteiger partial charge in [-0.05, 0) is 25.0 Å². The molecule has 1 fully saturated rings. The number of fused-ring (bicyclic) bond motifs is 1. The SMILES string of the molecule is CCCCCC1COC(c2cc3cc(CCC)sc3s2)OC1. The van der Waals surface area contributed by atoms with Gasteiger partial charge in [-0.25, -0.2) is 0 Å². The van der Waals surface area contributed by atoms with Gasteiger partial charge in [0.15, 0.2) is 6.29 Å². The molecule has 2 aromatic heterocycles. The molecule has 2 nitrogen and oxygen atoms in total. The fourth-order valence-corrected chi connectivity index (χ4v) is 5.56. The van der Waals surface area contributed by atoms with Crippen LogP contribution in [0.15, 0.2) is 12.1 Å². The van der Waals surface area contributed by atoms with Crippen LogP contribution in [0.1, 0.15) is 62.0 Å². The molecule has 0 radical (unpaired) electrons. The lowest BCUT2D eigenvalue weighted by Gasteiger charge is -2.28. The molecule has 4 heteroatoms. The van der Waals surface area contributed by atoms with Crippen molar-refractivity contribution in [2.45, 2.75) is 58.7 Å². The average molecular weight is 339 g/mol. The second kappa shape index (κ2) is 7.91. The number of unbranched alkanes of at least 4 members (excludes halogenated alkanes) is 2. The fraction of sp³-hybridized carbons (Fsp3) is 0.667. The summed E-state index contributed by atoms with van der Waals surface area (Å²) in [5.74, 6) is 0.583. The molecule has 0 amide bonds. The van der Waals surface area contributed by atoms with Gasteiger partial charge >= 0.3 is 0 Å². The standard InChI is InChI=1S/C18H26O2S2/c1-3-5-6-8-13-11-19-17(20-12-13)16-10-14-9-15(7-4-2)21-18(14)22-16/h9-10,13,17H,3-8,11-12H2,1-2H3. The molecule has 0 spiro atoms. The van der Waals surface area contributed by atoms with Gasteiger partial charge < -0.3 is 9.47 Å². The predicted octanol–water partition coefficient (Wildman–Crippen LogP) is 6.16. The molecule has 0 bridgehead atoms. The third-order valence-electron chi connectivity index (χ3n) is 4.20. The molecule has 0 saturated carbocycles. The Morgan fingerprint density at radius 1 is 1.05 bits per heavy atom. The summed E-state index contributed by atoms with van der Waals surface area (Å²) in [6.07, 6.45) is 7.41. The molecular weight excluding hydrogens is 312 g/mol. The molecule has 22 heavy (non-hydrogen) atoms. The van der Waals surface area contributed by atoms with Crippen molar-refractivity contribution in [2.24, 2.45) is 5.92 Å². The van der Waals surface area contributed by atoms with Crippen molar-refractivity contribution in [3.8, 4) is 0 Å². The van der Waals surface area contributed by atoms with E-state index >= 15 is 0 Å². The van der Waals surface area contributed by atoms with Crippen LogP contribution in [-0.4, -0.2) is 13.2 Å². The Hall–Kier alpha value is -0.420. The van der Waals surface area contributed by atoms with Gasteiger partial charge in [-0.3, -0.25) is 0 Å². The highest BCUT2D eigenvalue weighted by Crippen LogP contribution is 2.39. The average Bonchev–Trinajstić information content (AvgIpc) is 3.07. The first-order chi connectivity index (χ1) is 10.8. The summed E-state index contributed by atoms with van der Waals surface area (Å²) in [6, 6.07) is 4.59. The van der Waals surface area contributed by atoms with Crippen molar-refractivity contribution in [1.82, 2.24) is 0 Å². The minimum absolute atomic E-state index is 0.137. The molecule has 1 aliphatic rings. The van der Waals surface area contributed by atoms with E-state index in [1.165, 1.54) is 57.7 Å². The lowest BCUT2D eigenvalue weighted by atomic mass is 10.0. The Kier molecular flexibility index (Phi) is 5.91. The van der Waals surface area contributed by atoms with Gasteiger partial charge in [0.1, 0.15) is 0 Å². The summed E-state index contributed by atoms with van der Waals surface area (Å²) in [5.41, 5.74) is 0. The summed E-state index contributed by atoms with van der Waals surface area (Å²) >= 11 is 3.77. The third-order valence-corrected chi connectivity index (χ3v) is 6.67. The van der Waals surface area contributed by atoms with E-state index < -0.39 is 0 Å². The molecule has 2 aromatic rings. The molecule has 0 unspecified atom stereocenters. The minimum atomic E-state index is -0.137. The number of rotatable bonds is 7. The molecule has 0 aliphatic carbocycles. The molecule has 3 heterocycles. The second-order valence-electron chi connectivity index (χ2n) is 6.21. The monoisotopic (exact) mass is 338 g/mol. The normalized spacial score (nSPS) is 22.5. The van der Waals surface area contributed by atoms with Crippen LogP contribution in [0.25, 0.3) is 9.40 Å². The molecular formula is C18H26O2S2. The van der Waals surface area contributed by atoms with Crippen LogP contribution in [0.2, 0.25) is 0 Å². The van der Waals surface area contributed by atoms with Crippen LogP contribution >= 0.6 is 22.7 Å². The van der Waals surface area contributed by atoms with Gasteiger partial charge in [0.2, 0.25) is 0 Å². The first-order valence-electron chi connectivity index (χ1n) is 8.55. The van der Waals surface area contributed by atoms with E-state index in [1.54, 1.807) is 0 Å². The summed E-state index contributed by atoms with van der Waals surface area (Å²) in [6.45, 7) is 6.18. The zero-order valence-corrected chi connectivity index (χ0v) is 15.2. The Morgan fingerprint density at radius 3 is 2.55 bits per heavy atom. The van der Waals surface area contributed by atoms with Crippen molar-refractivity contribution >= 4 is 32.1 Å². The van der Waals surface area contributed by atoms with Crippen molar-refractivity contribution in [3.63, 3.8) is 0 Å². The van der Waals surface area contributed by atoms with Gasteiger partial charge in [0, 0.05) is 16.2 Å². The smallest absolute Gasteiger partial charge is 0.193 e. The van der Waals surface area contributed by atoms with E-state index in [9.17, 15) is 0 Å². The van der Waals surface area contributed by atoms with Crippen molar-refractivity contribution in [1.29, 1.82) is 0 Å². The highest BCUT2D eigenvalue weighted by Gasteiger charge is 2.25. The van der Waals surface area contributed by atoms with E-state index in [2.05, 4.69) is 26.0 Å². The van der Waals surface area contributed by atoms with Crippen LogP contribution in [-0.2, 0) is 15.9 Å². The maximum atomic E-state index is 5.98. The Bertz CT molecular complexity index is 547. The largest absolute Gasteiger partial charge is 0.347 e. The summed E-state index contributed by atoms with van der Waals surface area (Å²) in [7, 11) is 0. The topological polar surface area (TPSA) is 18.5 Å². The summed E-state index contributed by atoms with van der Waals surface area (Å²) < 4.78 is 13.4. The van der Waals surface area contributed by atoms with Crippen molar-refractivity contribution in [3.05, 3.63) is 21.9 Å². The number of ether oxygens (including phenoxy) is 2. The third kappa shape index (κ3) is 3.91. The quantitative estimate of drug-likeness (QED) is 0.563. The van der Waals surface area contributed by atoms with Gasteiger partial charge in [0.25, 0.3) is 0 Å². The summed E-state index contributed by atoms with van der Waals surface area (Å²) in [5, 5.41) is 1.37. The van der Waals surface area contributed by atoms with Gasteiger partial charge in [-0.1, -0.05) is 39.5 Å². The van der Waals surface area contributed by atoms with E-state index in [1.807, 2.05) is 22.7 Å². The first kappa shape index (κ1) is 16.4. The first-order valence-corrected chi connectivity index (χ1v) is 10.2. The molecule has 0 atom stereocenters. The molecule has 0 N–H and O–H groups in total. The van der Waals surface area contributed by atoms with E-state index in [-0.39, 0.29) is 6.29 Å². The number of thiophene rings is 2. The highest BCUT2D eigenvalue weighted by molar-refractivity contribution is 7.38. The Labute approximate surface area is 141 Å². The predicted molar refractivity (Wildman–Crippen MR) is 96.0 cm³/mol. The highest BCUT2D eigenvalue weighted by atomic mass is 32.2. The van der Waals surface area contributed by atoms with E-state index in [0.717, 1.165) is 13.2 Å². The van der Waals surface area contributed by atoms with Crippen molar-refractivity contribution in [2.75, 3.05) is 13.2 Å². The lowest BCUT2D eigenvalue weighted by molar-refractivity contribution is -0.204. The number of hydrogen-bond donors (Lipinski definition) is 0. The van der Waals surface area contributed by atoms with E-state index in [0.29, 0.717) is 5.92 Å². The zero-order chi connectivity index (χ0) is 15.4. The number of aryl methyl sites for hydroxylation is 1. The second-order valence-corrected chi connectivity index (χ2v) is 8.69. The maximum Gasteiger partial charge on any atom is 0.193 e. The molecule has 0 aromatic carbocycles. The molecule has 3 rings (SSSR count). The van der Waals surface area contributed by atoms with Crippen LogP contribution in [0, 0.1) is 5.92 Å². The van der Waals surface area contributed by atoms with Crippen molar-refractivity contribution < 1.29 is 9.47 Å². The molecule has 1 saturated heterocycles. The van der Waals surface area contributed by atoms with Crippen LogP contribution < -0.4 is 0 Å². The van der Waals surface area contributed by atoms with Gasteiger partial charge in [-0.15, -0.1) is 22.7 Å². The van der Waals surface area contributed by atoms with Gasteiger partial charge in [-0.2, -0.15) is 0 Å². The zero-order valence-electron chi connectivity index (χ0n) is 13.6. The maximum absolute atomic E-state index is 5.98. The Morgan fingerprint density at radius 2 is 1.86 bits per heavy atom. The molecule has 1 aliphatic heterocycles. The summed E-state index contributed by atoms with van der Waals surface area (Å²) in [4.78, 5) is 2.73. The molecule has 122 valence electrons. The van der Waals surface area contributed by atoms with E-state index in [4.69, 9.17) is 9.47 Å². The van der Waals surface area contributed by atoms with Crippen LogP contribution in [0.4, 0.5) is 0 Å². The van der Waals surface area contributed by atoms with Crippen LogP contribution in [0.5, 0.6) is 0 Å². The minimum Gasteiger partial charge on any atom is -0.347 e. The lowest BCUT2D eigenvalue weighted by Crippen LogP contribution is -2.26. The fourth-order valence-electron chi connectivity index (χ4n) is 2.95. The van der Waals surface area contributed by atoms with Gasteiger partial charge in [0.05, 0.1) is 22.1 Å². The number of hydrogen-bond acceptors (Lipinski definition) is 4. The van der Waals surface area contributed by atoms with Crippen LogP contribution in [0.3, 0.4) is 0 Å². The Balaban J connectivity index is 1.55.